The summed E-state index contributed by atoms with van der Waals surface area (Å²) in [5.74, 6) is 0. The number of benzene rings is 2. The number of carbonyl (C=O) groups is 1. The van der Waals surface area contributed by atoms with Crippen LogP contribution < -0.4 is 4.72 Å². The molecule has 9 nitrogen and oxygen atoms in total. The average molecular weight is 404 g/mol. The van der Waals surface area contributed by atoms with Crippen molar-refractivity contribution in [1.29, 1.82) is 0 Å². The van der Waals surface area contributed by atoms with Gasteiger partial charge < -0.3 is 4.90 Å². The van der Waals surface area contributed by atoms with Gasteiger partial charge in [0, 0.05) is 24.7 Å². The molecule has 1 heterocycles. The minimum atomic E-state index is -3.79. The molecule has 1 aromatic heterocycles. The Balaban J connectivity index is 1.77. The van der Waals surface area contributed by atoms with Gasteiger partial charge in [0.05, 0.1) is 10.6 Å². The van der Waals surface area contributed by atoms with Crippen molar-refractivity contribution in [2.45, 2.75) is 9.79 Å². The van der Waals surface area contributed by atoms with Crippen molar-refractivity contribution in [1.82, 2.24) is 25.1 Å². The van der Waals surface area contributed by atoms with Gasteiger partial charge in [-0.25, -0.2) is 13.1 Å². The summed E-state index contributed by atoms with van der Waals surface area (Å²) in [4.78, 5) is 14.0. The van der Waals surface area contributed by atoms with Gasteiger partial charge in [0.25, 0.3) is 15.3 Å². The van der Waals surface area contributed by atoms with Gasteiger partial charge in [0.15, 0.2) is 0 Å². The van der Waals surface area contributed by atoms with Crippen LogP contribution in [-0.4, -0.2) is 52.9 Å². The fourth-order valence-electron chi connectivity index (χ4n) is 2.07. The quantitative estimate of drug-likeness (QED) is 0.649. The van der Waals surface area contributed by atoms with E-state index in [0.717, 1.165) is 16.7 Å². The molecule has 0 aliphatic rings. The molecule has 0 unspecified atom stereocenters. The third-order valence-electron chi connectivity index (χ3n) is 3.42. The number of tetrazole rings is 1. The van der Waals surface area contributed by atoms with Crippen molar-refractivity contribution in [2.24, 2.45) is 0 Å². The third kappa shape index (κ3) is 4.63. The van der Waals surface area contributed by atoms with Gasteiger partial charge >= 0.3 is 0 Å². The SMILES string of the molecule is CN(C)C(=O)Sc1ccc(NS(=O)(=O)c2cccc(-n3cnnn3)c2)cc1. The highest BCUT2D eigenvalue weighted by molar-refractivity contribution is 8.13. The Kier molecular flexibility index (Phi) is 5.42. The zero-order valence-corrected chi connectivity index (χ0v) is 16.1. The molecule has 0 spiro atoms. The highest BCUT2D eigenvalue weighted by atomic mass is 32.2. The van der Waals surface area contributed by atoms with Gasteiger partial charge in [0.2, 0.25) is 0 Å². The Hall–Kier alpha value is -2.92. The lowest BCUT2D eigenvalue weighted by Crippen LogP contribution is -2.16. The second-order valence-electron chi connectivity index (χ2n) is 5.64. The predicted octanol–water partition coefficient (Wildman–Crippen LogP) is 2.24. The van der Waals surface area contributed by atoms with Crippen LogP contribution >= 0.6 is 11.8 Å². The first-order valence-corrected chi connectivity index (χ1v) is 10.0. The zero-order valence-electron chi connectivity index (χ0n) is 14.5. The first kappa shape index (κ1) is 18.9. The molecule has 0 radical (unpaired) electrons. The molecule has 1 amide bonds. The molecule has 140 valence electrons. The maximum atomic E-state index is 12.6. The molecule has 3 aromatic rings. The standard InChI is InChI=1S/C16H16N6O3S2/c1-21(2)16(23)26-14-8-6-12(7-9-14)18-27(24,25)15-5-3-4-13(10-15)22-11-17-19-20-22/h3-11,18H,1-2H3. The number of rotatable bonds is 5. The third-order valence-corrected chi connectivity index (χ3v) is 5.84. The normalized spacial score (nSPS) is 11.2. The minimum absolute atomic E-state index is 0.0803. The van der Waals surface area contributed by atoms with Crippen LogP contribution in [0.2, 0.25) is 0 Å². The highest BCUT2D eigenvalue weighted by Crippen LogP contribution is 2.24. The van der Waals surface area contributed by atoms with Crippen molar-refractivity contribution in [3.05, 3.63) is 54.9 Å². The molecule has 2 aromatic carbocycles. The smallest absolute Gasteiger partial charge is 0.285 e. The Labute approximate surface area is 160 Å². The van der Waals surface area contributed by atoms with E-state index < -0.39 is 10.0 Å². The number of thioether (sulfide) groups is 1. The monoisotopic (exact) mass is 404 g/mol. The van der Waals surface area contributed by atoms with E-state index in [1.165, 1.54) is 28.0 Å². The van der Waals surface area contributed by atoms with Gasteiger partial charge in [-0.2, -0.15) is 0 Å². The van der Waals surface area contributed by atoms with Crippen LogP contribution in [0.25, 0.3) is 5.69 Å². The number of hydrogen-bond acceptors (Lipinski definition) is 7. The molecular formula is C16H16N6O3S2. The lowest BCUT2D eigenvalue weighted by atomic mass is 10.3. The molecule has 0 bridgehead atoms. The van der Waals surface area contributed by atoms with E-state index in [0.29, 0.717) is 11.4 Å². The van der Waals surface area contributed by atoms with Gasteiger partial charge in [-0.05, 0) is 64.7 Å². The van der Waals surface area contributed by atoms with Gasteiger partial charge in [-0.1, -0.05) is 6.07 Å². The molecule has 3 rings (SSSR count). The molecule has 11 heteroatoms. The lowest BCUT2D eigenvalue weighted by molar-refractivity contribution is 0.241. The lowest BCUT2D eigenvalue weighted by Gasteiger charge is -2.11. The van der Waals surface area contributed by atoms with E-state index >= 15 is 0 Å². The summed E-state index contributed by atoms with van der Waals surface area (Å²) in [6.07, 6.45) is 1.38. The second kappa shape index (κ2) is 7.76. The molecule has 0 aliphatic carbocycles. The van der Waals surface area contributed by atoms with Crippen LogP contribution in [0.3, 0.4) is 0 Å². The van der Waals surface area contributed by atoms with Crippen molar-refractivity contribution in [3.8, 4) is 5.69 Å². The summed E-state index contributed by atoms with van der Waals surface area (Å²) in [5.41, 5.74) is 0.918. The number of amides is 1. The van der Waals surface area contributed by atoms with Crippen LogP contribution in [0.4, 0.5) is 10.5 Å². The van der Waals surface area contributed by atoms with E-state index in [2.05, 4.69) is 20.2 Å². The summed E-state index contributed by atoms with van der Waals surface area (Å²) in [6.45, 7) is 0. The van der Waals surface area contributed by atoms with Crippen molar-refractivity contribution >= 4 is 32.7 Å². The van der Waals surface area contributed by atoms with Crippen LogP contribution in [0.1, 0.15) is 0 Å². The van der Waals surface area contributed by atoms with E-state index in [9.17, 15) is 13.2 Å². The van der Waals surface area contributed by atoms with E-state index in [1.54, 1.807) is 50.5 Å². The number of carbonyl (C=O) groups excluding carboxylic acids is 1. The second-order valence-corrected chi connectivity index (χ2v) is 8.35. The fourth-order valence-corrected chi connectivity index (χ4v) is 3.82. The first-order chi connectivity index (χ1) is 12.8. The number of nitrogens with zero attached hydrogens (tertiary/aromatic N) is 5. The summed E-state index contributed by atoms with van der Waals surface area (Å²) >= 11 is 1.06. The predicted molar refractivity (Wildman–Crippen MR) is 101 cm³/mol. The van der Waals surface area contributed by atoms with Gasteiger partial charge in [-0.3, -0.25) is 9.52 Å². The number of nitrogens with one attached hydrogen (secondary N) is 1. The molecule has 1 N–H and O–H groups in total. The highest BCUT2D eigenvalue weighted by Gasteiger charge is 2.16. The summed E-state index contributed by atoms with van der Waals surface area (Å²) < 4.78 is 29.2. The molecule has 0 fully saturated rings. The maximum Gasteiger partial charge on any atom is 0.285 e. The number of hydrogen-bond donors (Lipinski definition) is 1. The average Bonchev–Trinajstić information content (AvgIpc) is 3.18. The Morgan fingerprint density at radius 1 is 1.15 bits per heavy atom. The minimum Gasteiger partial charge on any atom is -0.339 e. The summed E-state index contributed by atoms with van der Waals surface area (Å²) in [6, 6.07) is 12.8. The van der Waals surface area contributed by atoms with Gasteiger partial charge in [-0.15, -0.1) is 5.10 Å². The van der Waals surface area contributed by atoms with Crippen LogP contribution in [-0.2, 0) is 10.0 Å². The number of anilines is 1. The van der Waals surface area contributed by atoms with Crippen molar-refractivity contribution in [2.75, 3.05) is 18.8 Å². The topological polar surface area (TPSA) is 110 Å². The van der Waals surface area contributed by atoms with E-state index in [1.807, 2.05) is 0 Å². The molecule has 0 aliphatic heterocycles. The molecule has 0 saturated heterocycles. The molecule has 0 atom stereocenters. The molecule has 27 heavy (non-hydrogen) atoms. The summed E-state index contributed by atoms with van der Waals surface area (Å²) in [5, 5.41) is 10.7. The van der Waals surface area contributed by atoms with E-state index in [-0.39, 0.29) is 10.1 Å². The maximum absolute atomic E-state index is 12.6. The molecule has 0 saturated carbocycles. The van der Waals surface area contributed by atoms with Crippen LogP contribution in [0.15, 0.2) is 64.6 Å². The van der Waals surface area contributed by atoms with Crippen LogP contribution in [0.5, 0.6) is 0 Å². The summed E-state index contributed by atoms with van der Waals surface area (Å²) in [7, 11) is -0.454. The number of sulfonamides is 1. The first-order valence-electron chi connectivity index (χ1n) is 7.70. The molecular weight excluding hydrogens is 388 g/mol. The van der Waals surface area contributed by atoms with Gasteiger partial charge in [0.1, 0.15) is 6.33 Å². The zero-order chi connectivity index (χ0) is 19.4. The fraction of sp³-hybridized carbons (Fsp3) is 0.125. The van der Waals surface area contributed by atoms with Crippen molar-refractivity contribution in [3.63, 3.8) is 0 Å². The Bertz CT molecular complexity index is 1030. The number of aromatic nitrogens is 4. The van der Waals surface area contributed by atoms with Crippen molar-refractivity contribution < 1.29 is 13.2 Å². The Morgan fingerprint density at radius 2 is 1.89 bits per heavy atom. The van der Waals surface area contributed by atoms with Crippen LogP contribution in [0, 0.1) is 0 Å². The largest absolute Gasteiger partial charge is 0.339 e. The Morgan fingerprint density at radius 3 is 2.52 bits per heavy atom. The van der Waals surface area contributed by atoms with E-state index in [4.69, 9.17) is 0 Å².